The average Bonchev–Trinajstić information content (AvgIpc) is 3.79. The quantitative estimate of drug-likeness (QED) is 0.181. The van der Waals surface area contributed by atoms with Gasteiger partial charge in [0, 0.05) is 31.5 Å². The van der Waals surface area contributed by atoms with E-state index in [0.717, 1.165) is 11.4 Å². The van der Waals surface area contributed by atoms with Crippen LogP contribution in [0.4, 0.5) is 11.4 Å². The van der Waals surface area contributed by atoms with Gasteiger partial charge in [-0.15, -0.1) is 11.3 Å². The third-order valence-corrected chi connectivity index (χ3v) is 12.8. The molecule has 9 aromatic carbocycles. The molecule has 0 bridgehead atoms. The van der Waals surface area contributed by atoms with Crippen molar-refractivity contribution >= 4 is 53.7 Å². The van der Waals surface area contributed by atoms with Crippen molar-refractivity contribution < 1.29 is 0 Å². The molecule has 10 aromatic rings. The van der Waals surface area contributed by atoms with Gasteiger partial charge in [0.05, 0.1) is 5.41 Å². The molecule has 0 spiro atoms. The molecule has 1 heterocycles. The zero-order valence-electron chi connectivity index (χ0n) is 30.0. The fourth-order valence-electron chi connectivity index (χ4n) is 9.15. The van der Waals surface area contributed by atoms with Crippen LogP contribution < -0.4 is 5.32 Å². The van der Waals surface area contributed by atoms with Crippen molar-refractivity contribution in [3.8, 4) is 33.4 Å². The summed E-state index contributed by atoms with van der Waals surface area (Å²) in [5.41, 5.74) is 14.4. The van der Waals surface area contributed by atoms with Crippen molar-refractivity contribution in [3.05, 3.63) is 229 Å². The number of hydrogen-bond acceptors (Lipinski definition) is 2. The molecule has 0 unspecified atom stereocenters. The van der Waals surface area contributed by atoms with Crippen LogP contribution in [0, 0.1) is 0 Å². The second-order valence-electron chi connectivity index (χ2n) is 14.5. The summed E-state index contributed by atoms with van der Waals surface area (Å²) in [7, 11) is 0. The SMILES string of the molecule is c1ccc(C2(c3ccccc3)c3ccccc3-c3c(-c4cccc(Nc5ccc(-c6cccc7c6sc6c8ccccc8ccc76)cc5)c4)cccc32)cc1. The summed E-state index contributed by atoms with van der Waals surface area (Å²) in [6, 6.07) is 75.6. The fraction of sp³-hybridized carbons (Fsp3) is 0.0189. The van der Waals surface area contributed by atoms with Crippen LogP contribution in [0.25, 0.3) is 64.3 Å². The highest BCUT2D eigenvalue weighted by molar-refractivity contribution is 7.27. The van der Waals surface area contributed by atoms with Gasteiger partial charge in [-0.3, -0.25) is 0 Å². The van der Waals surface area contributed by atoms with E-state index in [1.165, 1.54) is 86.6 Å². The first-order valence-corrected chi connectivity index (χ1v) is 19.7. The summed E-state index contributed by atoms with van der Waals surface area (Å²) in [4.78, 5) is 0. The Kier molecular flexibility index (Phi) is 7.33. The van der Waals surface area contributed by atoms with Gasteiger partial charge in [-0.25, -0.2) is 0 Å². The maximum absolute atomic E-state index is 3.73. The van der Waals surface area contributed by atoms with Gasteiger partial charge in [0.2, 0.25) is 0 Å². The molecular weight excluding hydrogens is 683 g/mol. The number of nitrogens with one attached hydrogen (secondary N) is 1. The van der Waals surface area contributed by atoms with E-state index in [9.17, 15) is 0 Å². The molecule has 1 nitrogen and oxygen atoms in total. The number of rotatable bonds is 6. The highest BCUT2D eigenvalue weighted by Gasteiger charge is 2.46. The van der Waals surface area contributed by atoms with Crippen molar-refractivity contribution in [2.75, 3.05) is 5.32 Å². The van der Waals surface area contributed by atoms with E-state index in [1.54, 1.807) is 0 Å². The Balaban J connectivity index is 0.967. The molecule has 0 saturated heterocycles. The first-order chi connectivity index (χ1) is 27.3. The molecular formula is C53H35NS. The summed E-state index contributed by atoms with van der Waals surface area (Å²) in [5.74, 6) is 0. The molecule has 2 heteroatoms. The van der Waals surface area contributed by atoms with Crippen LogP contribution in [0.5, 0.6) is 0 Å². The molecule has 55 heavy (non-hydrogen) atoms. The van der Waals surface area contributed by atoms with E-state index >= 15 is 0 Å². The second kappa shape index (κ2) is 12.7. The minimum atomic E-state index is -0.421. The lowest BCUT2D eigenvalue weighted by Crippen LogP contribution is -2.28. The Morgan fingerprint density at radius 3 is 1.80 bits per heavy atom. The van der Waals surface area contributed by atoms with E-state index in [2.05, 4.69) is 212 Å². The first kappa shape index (κ1) is 31.8. The first-order valence-electron chi connectivity index (χ1n) is 18.9. The minimum absolute atomic E-state index is 0.421. The van der Waals surface area contributed by atoms with Crippen molar-refractivity contribution in [3.63, 3.8) is 0 Å². The zero-order chi connectivity index (χ0) is 36.3. The van der Waals surface area contributed by atoms with Crippen LogP contribution in [0.15, 0.2) is 206 Å². The third kappa shape index (κ3) is 4.92. The number of thiophene rings is 1. The molecule has 0 radical (unpaired) electrons. The van der Waals surface area contributed by atoms with Crippen molar-refractivity contribution in [1.82, 2.24) is 0 Å². The molecule has 1 aromatic heterocycles. The van der Waals surface area contributed by atoms with Crippen molar-refractivity contribution in [2.45, 2.75) is 5.41 Å². The summed E-state index contributed by atoms with van der Waals surface area (Å²) >= 11 is 1.90. The maximum atomic E-state index is 3.73. The zero-order valence-corrected chi connectivity index (χ0v) is 30.9. The van der Waals surface area contributed by atoms with Gasteiger partial charge in [0.15, 0.2) is 0 Å². The van der Waals surface area contributed by atoms with E-state index in [1.807, 2.05) is 11.3 Å². The largest absolute Gasteiger partial charge is 0.356 e. The molecule has 0 saturated carbocycles. The Morgan fingerprint density at radius 1 is 0.364 bits per heavy atom. The van der Waals surface area contributed by atoms with Gasteiger partial charge in [-0.1, -0.05) is 182 Å². The number of hydrogen-bond donors (Lipinski definition) is 1. The van der Waals surface area contributed by atoms with Crippen LogP contribution in [0.2, 0.25) is 0 Å². The smallest absolute Gasteiger partial charge is 0.0713 e. The van der Waals surface area contributed by atoms with Crippen molar-refractivity contribution in [1.29, 1.82) is 0 Å². The number of fused-ring (bicyclic) bond motifs is 8. The summed E-state index contributed by atoms with van der Waals surface area (Å²) in [5, 5.41) is 8.99. The minimum Gasteiger partial charge on any atom is -0.356 e. The molecule has 0 aliphatic heterocycles. The predicted molar refractivity (Wildman–Crippen MR) is 235 cm³/mol. The highest BCUT2D eigenvalue weighted by Crippen LogP contribution is 2.58. The van der Waals surface area contributed by atoms with Gasteiger partial charge >= 0.3 is 0 Å². The van der Waals surface area contributed by atoms with Crippen LogP contribution >= 0.6 is 11.3 Å². The molecule has 0 amide bonds. The number of benzene rings is 9. The molecule has 11 rings (SSSR count). The summed E-state index contributed by atoms with van der Waals surface area (Å²) in [6.45, 7) is 0. The van der Waals surface area contributed by atoms with Crippen LogP contribution in [-0.4, -0.2) is 0 Å². The number of anilines is 2. The van der Waals surface area contributed by atoms with Gasteiger partial charge in [0.1, 0.15) is 0 Å². The average molecular weight is 718 g/mol. The molecule has 0 atom stereocenters. The Morgan fingerprint density at radius 2 is 0.982 bits per heavy atom. The normalized spacial score (nSPS) is 12.9. The van der Waals surface area contributed by atoms with E-state index in [-0.39, 0.29) is 0 Å². The summed E-state index contributed by atoms with van der Waals surface area (Å²) < 4.78 is 2.69. The van der Waals surface area contributed by atoms with Crippen LogP contribution in [0.3, 0.4) is 0 Å². The topological polar surface area (TPSA) is 12.0 Å². The van der Waals surface area contributed by atoms with Crippen molar-refractivity contribution in [2.24, 2.45) is 0 Å². The van der Waals surface area contributed by atoms with E-state index in [4.69, 9.17) is 0 Å². The molecule has 1 N–H and O–H groups in total. The maximum Gasteiger partial charge on any atom is 0.0713 e. The lowest BCUT2D eigenvalue weighted by molar-refractivity contribution is 0.768. The van der Waals surface area contributed by atoms with E-state index < -0.39 is 5.41 Å². The molecule has 1 aliphatic rings. The molecule has 0 fully saturated rings. The Hall–Kier alpha value is -6.74. The lowest BCUT2D eigenvalue weighted by Gasteiger charge is -2.34. The fourth-order valence-corrected chi connectivity index (χ4v) is 10.5. The standard InChI is InChI=1S/C53H35NS/c1-3-16-38(17-4-1)53(39-18-5-2-6-19-39)48-26-10-9-22-47(48)50-42(23-13-27-49(50)53)37-15-11-20-41(34-37)54-40-31-28-36(29-32-40)44-24-12-25-45-46-33-30-35-14-7-8-21-43(35)52(46)55-51(44)45/h1-34,54H. The van der Waals surface area contributed by atoms with Crippen LogP contribution in [0.1, 0.15) is 22.3 Å². The van der Waals surface area contributed by atoms with E-state index in [0.29, 0.717) is 0 Å². The predicted octanol–water partition coefficient (Wildman–Crippen LogP) is 14.6. The molecule has 258 valence electrons. The van der Waals surface area contributed by atoms with Gasteiger partial charge in [-0.05, 0) is 90.7 Å². The van der Waals surface area contributed by atoms with Gasteiger partial charge in [0.25, 0.3) is 0 Å². The van der Waals surface area contributed by atoms with Gasteiger partial charge < -0.3 is 5.32 Å². The van der Waals surface area contributed by atoms with Gasteiger partial charge in [-0.2, -0.15) is 0 Å². The lowest BCUT2D eigenvalue weighted by atomic mass is 9.67. The monoisotopic (exact) mass is 717 g/mol. The summed E-state index contributed by atoms with van der Waals surface area (Å²) in [6.07, 6.45) is 0. The molecule has 1 aliphatic carbocycles. The Bertz CT molecular complexity index is 3010. The second-order valence-corrected chi connectivity index (χ2v) is 15.5. The third-order valence-electron chi connectivity index (χ3n) is 11.5. The highest BCUT2D eigenvalue weighted by atomic mass is 32.1. The Labute approximate surface area is 324 Å². The van der Waals surface area contributed by atoms with Crippen LogP contribution in [-0.2, 0) is 5.41 Å².